The Hall–Kier alpha value is -2.89. The highest BCUT2D eigenvalue weighted by atomic mass is 16.6. The van der Waals surface area contributed by atoms with Crippen LogP contribution in [0.2, 0.25) is 0 Å². The van der Waals surface area contributed by atoms with Gasteiger partial charge < -0.3 is 14.2 Å². The van der Waals surface area contributed by atoms with E-state index in [4.69, 9.17) is 14.2 Å². The smallest absolute Gasteiger partial charge is 0.306 e. The minimum atomic E-state index is -0.792. The molecule has 0 saturated carbocycles. The van der Waals surface area contributed by atoms with Gasteiger partial charge in [0.25, 0.3) is 0 Å². The highest BCUT2D eigenvalue weighted by molar-refractivity contribution is 5.71. The van der Waals surface area contributed by atoms with Gasteiger partial charge in [0.2, 0.25) is 0 Å². The first-order valence-corrected chi connectivity index (χ1v) is 32.8. The van der Waals surface area contributed by atoms with Crippen molar-refractivity contribution < 1.29 is 28.6 Å². The van der Waals surface area contributed by atoms with Crippen LogP contribution in [0.5, 0.6) is 0 Å². The van der Waals surface area contributed by atoms with Gasteiger partial charge in [-0.2, -0.15) is 0 Å². The molecule has 0 aliphatic rings. The summed E-state index contributed by atoms with van der Waals surface area (Å²) in [6.45, 7) is 6.63. The van der Waals surface area contributed by atoms with Gasteiger partial charge in [0.1, 0.15) is 13.2 Å². The Balaban J connectivity index is 4.39. The zero-order chi connectivity index (χ0) is 54.3. The summed E-state index contributed by atoms with van der Waals surface area (Å²) in [4.78, 5) is 38.3. The van der Waals surface area contributed by atoms with E-state index in [1.54, 1.807) is 0 Å². The van der Waals surface area contributed by atoms with Gasteiger partial charge >= 0.3 is 17.9 Å². The van der Waals surface area contributed by atoms with Crippen molar-refractivity contribution in [3.63, 3.8) is 0 Å². The molecule has 0 amide bonds. The van der Waals surface area contributed by atoms with Crippen LogP contribution in [0, 0.1) is 0 Å². The van der Waals surface area contributed by atoms with Crippen LogP contribution in [0.25, 0.3) is 0 Å². The lowest BCUT2D eigenvalue weighted by Gasteiger charge is -2.18. The lowest BCUT2D eigenvalue weighted by molar-refractivity contribution is -0.167. The van der Waals surface area contributed by atoms with E-state index < -0.39 is 6.10 Å². The lowest BCUT2D eigenvalue weighted by atomic mass is 10.0. The summed E-state index contributed by atoms with van der Waals surface area (Å²) < 4.78 is 16.9. The molecule has 0 saturated heterocycles. The lowest BCUT2D eigenvalue weighted by Crippen LogP contribution is -2.30. The molecule has 0 aliphatic carbocycles. The summed E-state index contributed by atoms with van der Waals surface area (Å²) >= 11 is 0. The van der Waals surface area contributed by atoms with Crippen LogP contribution in [0.4, 0.5) is 0 Å². The Labute approximate surface area is 466 Å². The van der Waals surface area contributed by atoms with Gasteiger partial charge in [0.15, 0.2) is 6.10 Å². The number of ether oxygens (including phenoxy) is 3. The van der Waals surface area contributed by atoms with Crippen molar-refractivity contribution in [2.45, 2.75) is 348 Å². The Kier molecular flexibility index (Phi) is 61.2. The maximum absolute atomic E-state index is 12.9. The van der Waals surface area contributed by atoms with Gasteiger partial charge in [-0.25, -0.2) is 0 Å². The molecule has 0 spiro atoms. The minimum absolute atomic E-state index is 0.0852. The quantitative estimate of drug-likeness (QED) is 0.0261. The zero-order valence-corrected chi connectivity index (χ0v) is 50.1. The number of rotatable bonds is 60. The Bertz CT molecular complexity index is 1340. The first-order chi connectivity index (χ1) is 37.0. The van der Waals surface area contributed by atoms with Crippen molar-refractivity contribution in [1.82, 2.24) is 0 Å². The molecule has 0 fully saturated rings. The molecule has 1 atom stereocenters. The summed E-state index contributed by atoms with van der Waals surface area (Å²) in [7, 11) is 0. The Morgan fingerprint density at radius 2 is 0.480 bits per heavy atom. The average molecular weight is 1050 g/mol. The van der Waals surface area contributed by atoms with Crippen LogP contribution in [0.15, 0.2) is 60.8 Å². The second-order valence-electron chi connectivity index (χ2n) is 22.0. The van der Waals surface area contributed by atoms with Crippen LogP contribution in [-0.2, 0) is 28.6 Å². The van der Waals surface area contributed by atoms with Gasteiger partial charge in [-0.05, 0) is 89.9 Å². The topological polar surface area (TPSA) is 78.9 Å². The number of hydrogen-bond acceptors (Lipinski definition) is 6. The second kappa shape index (κ2) is 63.6. The van der Waals surface area contributed by atoms with Crippen LogP contribution >= 0.6 is 0 Å². The van der Waals surface area contributed by atoms with E-state index in [9.17, 15) is 14.4 Å². The standard InChI is InChI=1S/C69H124O6/c1-4-7-10-13-16-19-22-25-28-31-33-34-36-38-41-44-47-50-53-56-59-62-68(71)74-65-66(64-73-67(70)61-58-55-52-49-46-43-40-37-30-27-24-21-18-15-12-9-6-3)75-69(72)63-60-57-54-51-48-45-42-39-35-32-29-26-23-20-17-14-11-8-5-2/h17,20,26-27,29-30,35,39,45,48,66H,4-16,18-19,21-25,28,31-34,36-38,40-44,46-47,49-65H2,1-3H3/b20-17-,29-26-,30-27-,39-35-,48-45-/t66-/m1/s1. The van der Waals surface area contributed by atoms with Crippen LogP contribution in [-0.4, -0.2) is 37.2 Å². The first kappa shape index (κ1) is 72.1. The molecule has 0 aliphatic heterocycles. The highest BCUT2D eigenvalue weighted by Gasteiger charge is 2.19. The molecule has 436 valence electrons. The van der Waals surface area contributed by atoms with Crippen molar-refractivity contribution >= 4 is 17.9 Å². The number of carbonyl (C=O) groups excluding carboxylic acids is 3. The van der Waals surface area contributed by atoms with E-state index in [1.807, 2.05) is 0 Å². The zero-order valence-electron chi connectivity index (χ0n) is 50.1. The van der Waals surface area contributed by atoms with Gasteiger partial charge in [0, 0.05) is 19.3 Å². The van der Waals surface area contributed by atoms with E-state index in [2.05, 4.69) is 81.5 Å². The van der Waals surface area contributed by atoms with Gasteiger partial charge in [0.05, 0.1) is 0 Å². The molecule has 0 radical (unpaired) electrons. The molecule has 0 heterocycles. The maximum atomic E-state index is 12.9. The molecule has 0 rings (SSSR count). The molecular weight excluding hydrogens is 925 g/mol. The van der Waals surface area contributed by atoms with E-state index in [0.29, 0.717) is 19.3 Å². The van der Waals surface area contributed by atoms with Gasteiger partial charge in [-0.15, -0.1) is 0 Å². The summed E-state index contributed by atoms with van der Waals surface area (Å²) in [6, 6.07) is 0. The summed E-state index contributed by atoms with van der Waals surface area (Å²) in [5.41, 5.74) is 0. The Morgan fingerprint density at radius 3 is 0.800 bits per heavy atom. The first-order valence-electron chi connectivity index (χ1n) is 32.8. The molecule has 0 aromatic carbocycles. The van der Waals surface area contributed by atoms with Crippen molar-refractivity contribution in [2.75, 3.05) is 13.2 Å². The molecule has 0 aromatic rings. The molecule has 75 heavy (non-hydrogen) atoms. The molecule has 6 heteroatoms. The monoisotopic (exact) mass is 1050 g/mol. The third kappa shape index (κ3) is 61.8. The summed E-state index contributed by atoms with van der Waals surface area (Å²) in [5, 5.41) is 0. The van der Waals surface area contributed by atoms with E-state index in [0.717, 1.165) is 83.5 Å². The fourth-order valence-electron chi connectivity index (χ4n) is 9.54. The maximum Gasteiger partial charge on any atom is 0.306 e. The fraction of sp³-hybridized carbons (Fsp3) is 0.812. The second-order valence-corrected chi connectivity index (χ2v) is 22.0. The van der Waals surface area contributed by atoms with Gasteiger partial charge in [-0.3, -0.25) is 14.4 Å². The van der Waals surface area contributed by atoms with Crippen molar-refractivity contribution in [2.24, 2.45) is 0 Å². The normalized spacial score (nSPS) is 12.4. The summed E-state index contributed by atoms with van der Waals surface area (Å²) in [5.74, 6) is -0.901. The minimum Gasteiger partial charge on any atom is -0.462 e. The molecule has 0 unspecified atom stereocenters. The predicted octanol–water partition coefficient (Wildman–Crippen LogP) is 22.3. The third-order valence-electron chi connectivity index (χ3n) is 14.5. The van der Waals surface area contributed by atoms with Crippen molar-refractivity contribution in [3.8, 4) is 0 Å². The summed E-state index contributed by atoms with van der Waals surface area (Å²) in [6.07, 6.45) is 80.8. The number of allylic oxidation sites excluding steroid dienone is 10. The largest absolute Gasteiger partial charge is 0.462 e. The van der Waals surface area contributed by atoms with E-state index >= 15 is 0 Å². The number of unbranched alkanes of at least 4 members (excludes halogenated alkanes) is 39. The van der Waals surface area contributed by atoms with Crippen LogP contribution < -0.4 is 0 Å². The molecule has 0 aromatic heterocycles. The number of esters is 3. The van der Waals surface area contributed by atoms with Crippen LogP contribution in [0.3, 0.4) is 0 Å². The van der Waals surface area contributed by atoms with E-state index in [1.165, 1.54) is 218 Å². The third-order valence-corrected chi connectivity index (χ3v) is 14.5. The molecule has 0 bridgehead atoms. The predicted molar refractivity (Wildman–Crippen MR) is 325 cm³/mol. The Morgan fingerprint density at radius 1 is 0.267 bits per heavy atom. The number of carbonyl (C=O) groups is 3. The highest BCUT2D eigenvalue weighted by Crippen LogP contribution is 2.17. The van der Waals surface area contributed by atoms with Gasteiger partial charge in [-0.1, -0.05) is 293 Å². The van der Waals surface area contributed by atoms with E-state index in [-0.39, 0.29) is 31.1 Å². The fourth-order valence-corrected chi connectivity index (χ4v) is 9.54. The number of hydrogen-bond donors (Lipinski definition) is 0. The van der Waals surface area contributed by atoms with Crippen LogP contribution in [0.1, 0.15) is 342 Å². The molecule has 6 nitrogen and oxygen atoms in total. The SMILES string of the molecule is CCCCC/C=C\C/C=C\C/C=C\C/C=C\CCCCCC(=O)O[C@H](COC(=O)CCCCCCCCC/C=C\CCCCCCCC)COC(=O)CCCCCCCCCCCCCCCCCCCCCCC. The average Bonchev–Trinajstić information content (AvgIpc) is 3.41. The molecule has 0 N–H and O–H groups in total. The van der Waals surface area contributed by atoms with Crippen molar-refractivity contribution in [1.29, 1.82) is 0 Å². The van der Waals surface area contributed by atoms with Crippen molar-refractivity contribution in [3.05, 3.63) is 60.8 Å². The molecular formula is C69H124O6.